The molecule has 1 atom stereocenters. The smallest absolute Gasteiger partial charge is 0.339 e. The number of methoxy groups -OCH3 is 1. The number of ether oxygens (including phenoxy) is 1. The molecule has 0 amide bonds. The standard InChI is InChI=1S/C15H15NO5S/c1-11-3-9-14(10-4-11)22(19,20)15(16(17)18)12-5-7-13(21-2)8-6-12/h3-10,15H,1-2H3. The van der Waals surface area contributed by atoms with Crippen LogP contribution in [0.1, 0.15) is 16.5 Å². The molecule has 0 aliphatic heterocycles. The zero-order chi connectivity index (χ0) is 16.3. The molecule has 2 aromatic carbocycles. The van der Waals surface area contributed by atoms with Gasteiger partial charge in [0.25, 0.3) is 9.84 Å². The third kappa shape index (κ3) is 3.09. The van der Waals surface area contributed by atoms with E-state index in [4.69, 9.17) is 4.74 Å². The van der Waals surface area contributed by atoms with Gasteiger partial charge in [0, 0.05) is 10.5 Å². The van der Waals surface area contributed by atoms with Crippen molar-refractivity contribution in [3.05, 3.63) is 69.8 Å². The molecule has 0 N–H and O–H groups in total. The van der Waals surface area contributed by atoms with Crippen LogP contribution in [0.2, 0.25) is 0 Å². The Kier molecular flexibility index (Phi) is 4.46. The summed E-state index contributed by atoms with van der Waals surface area (Å²) >= 11 is 0. The van der Waals surface area contributed by atoms with Crippen LogP contribution in [0.15, 0.2) is 53.4 Å². The monoisotopic (exact) mass is 321 g/mol. The number of nitro groups is 1. The fourth-order valence-corrected chi connectivity index (χ4v) is 3.55. The molecular weight excluding hydrogens is 306 g/mol. The van der Waals surface area contributed by atoms with Gasteiger partial charge in [0.1, 0.15) is 5.75 Å². The third-order valence-corrected chi connectivity index (χ3v) is 5.20. The molecule has 0 saturated carbocycles. The number of hydrogen-bond donors (Lipinski definition) is 0. The Morgan fingerprint density at radius 3 is 2.05 bits per heavy atom. The van der Waals surface area contributed by atoms with Crippen molar-refractivity contribution in [1.82, 2.24) is 0 Å². The molecule has 7 heteroatoms. The van der Waals surface area contributed by atoms with E-state index in [0.29, 0.717) is 5.75 Å². The Morgan fingerprint density at radius 2 is 1.59 bits per heavy atom. The average molecular weight is 321 g/mol. The van der Waals surface area contributed by atoms with Crippen LogP contribution in [0.3, 0.4) is 0 Å². The largest absolute Gasteiger partial charge is 0.497 e. The Morgan fingerprint density at radius 1 is 1.05 bits per heavy atom. The molecule has 22 heavy (non-hydrogen) atoms. The number of aryl methyl sites for hydroxylation is 1. The lowest BCUT2D eigenvalue weighted by molar-refractivity contribution is -0.502. The van der Waals surface area contributed by atoms with Crippen molar-refractivity contribution in [3.8, 4) is 5.75 Å². The second-order valence-corrected chi connectivity index (χ2v) is 6.78. The first-order valence-corrected chi connectivity index (χ1v) is 7.99. The molecule has 0 saturated heterocycles. The van der Waals surface area contributed by atoms with Crippen molar-refractivity contribution >= 4 is 9.84 Å². The summed E-state index contributed by atoms with van der Waals surface area (Å²) in [4.78, 5) is 10.5. The summed E-state index contributed by atoms with van der Waals surface area (Å²) in [5, 5.41) is 9.49. The van der Waals surface area contributed by atoms with E-state index >= 15 is 0 Å². The molecule has 2 aromatic rings. The lowest BCUT2D eigenvalue weighted by atomic mass is 10.2. The van der Waals surface area contributed by atoms with Gasteiger partial charge in [0.15, 0.2) is 0 Å². The maximum absolute atomic E-state index is 12.6. The minimum Gasteiger partial charge on any atom is -0.497 e. The van der Waals surface area contributed by atoms with Gasteiger partial charge in [0.2, 0.25) is 0 Å². The average Bonchev–Trinajstić information content (AvgIpc) is 2.48. The fraction of sp³-hybridized carbons (Fsp3) is 0.200. The maximum atomic E-state index is 12.6. The molecule has 6 nitrogen and oxygen atoms in total. The highest BCUT2D eigenvalue weighted by molar-refractivity contribution is 7.91. The van der Waals surface area contributed by atoms with Crippen molar-refractivity contribution in [2.75, 3.05) is 7.11 Å². The van der Waals surface area contributed by atoms with Crippen LogP contribution in [-0.4, -0.2) is 20.5 Å². The van der Waals surface area contributed by atoms with E-state index in [2.05, 4.69) is 0 Å². The SMILES string of the molecule is COc1ccc(C([N+](=O)[O-])S(=O)(=O)c2ccc(C)cc2)cc1. The van der Waals surface area contributed by atoms with Crippen LogP contribution in [0, 0.1) is 17.0 Å². The van der Waals surface area contributed by atoms with Gasteiger partial charge >= 0.3 is 5.37 Å². The zero-order valence-electron chi connectivity index (χ0n) is 12.1. The summed E-state index contributed by atoms with van der Waals surface area (Å²) in [6.07, 6.45) is 0. The van der Waals surface area contributed by atoms with Gasteiger partial charge in [-0.05, 0) is 43.3 Å². The van der Waals surface area contributed by atoms with Crippen LogP contribution in [0.5, 0.6) is 5.75 Å². The van der Waals surface area contributed by atoms with Crippen molar-refractivity contribution in [1.29, 1.82) is 0 Å². The molecular formula is C15H15NO5S. The number of hydrogen-bond acceptors (Lipinski definition) is 5. The van der Waals surface area contributed by atoms with Crippen molar-refractivity contribution < 1.29 is 18.1 Å². The molecule has 0 radical (unpaired) electrons. The van der Waals surface area contributed by atoms with Gasteiger partial charge in [-0.15, -0.1) is 0 Å². The Balaban J connectivity index is 2.50. The van der Waals surface area contributed by atoms with E-state index in [9.17, 15) is 18.5 Å². The van der Waals surface area contributed by atoms with Gasteiger partial charge in [0.05, 0.1) is 12.0 Å². The summed E-state index contributed by atoms with van der Waals surface area (Å²) in [6, 6.07) is 11.7. The van der Waals surface area contributed by atoms with E-state index in [1.54, 1.807) is 12.1 Å². The Labute approximate surface area is 128 Å². The predicted octanol–water partition coefficient (Wildman–Crippen LogP) is 2.75. The van der Waals surface area contributed by atoms with Crippen LogP contribution < -0.4 is 4.74 Å². The lowest BCUT2D eigenvalue weighted by Crippen LogP contribution is -2.21. The fourth-order valence-electron chi connectivity index (χ4n) is 2.04. The summed E-state index contributed by atoms with van der Waals surface area (Å²) in [6.45, 7) is 1.81. The first-order valence-electron chi connectivity index (χ1n) is 6.44. The molecule has 0 aliphatic carbocycles. The van der Waals surface area contributed by atoms with Crippen molar-refractivity contribution in [3.63, 3.8) is 0 Å². The van der Waals surface area contributed by atoms with E-state index in [0.717, 1.165) is 5.56 Å². The molecule has 0 aliphatic rings. The van der Waals surface area contributed by atoms with Gasteiger partial charge in [-0.1, -0.05) is 17.7 Å². The number of nitrogens with zero attached hydrogens (tertiary/aromatic N) is 1. The first-order chi connectivity index (χ1) is 10.4. The van der Waals surface area contributed by atoms with Gasteiger partial charge in [-0.2, -0.15) is 0 Å². The van der Waals surface area contributed by atoms with E-state index in [-0.39, 0.29) is 10.5 Å². The molecule has 2 rings (SSSR count). The van der Waals surface area contributed by atoms with Crippen molar-refractivity contribution in [2.24, 2.45) is 0 Å². The summed E-state index contributed by atoms with van der Waals surface area (Å²) in [5.41, 5.74) is 0.965. The quantitative estimate of drug-likeness (QED) is 0.624. The Hall–Kier alpha value is -2.41. The predicted molar refractivity (Wildman–Crippen MR) is 81.1 cm³/mol. The van der Waals surface area contributed by atoms with Crippen LogP contribution in [-0.2, 0) is 9.84 Å². The minimum atomic E-state index is -4.13. The number of rotatable bonds is 5. The van der Waals surface area contributed by atoms with Gasteiger partial charge < -0.3 is 4.74 Å². The number of sulfone groups is 1. The molecule has 0 bridgehead atoms. The van der Waals surface area contributed by atoms with Crippen molar-refractivity contribution in [2.45, 2.75) is 17.2 Å². The zero-order valence-corrected chi connectivity index (χ0v) is 12.9. The highest BCUT2D eigenvalue weighted by atomic mass is 32.2. The third-order valence-electron chi connectivity index (χ3n) is 3.24. The second kappa shape index (κ2) is 6.15. The maximum Gasteiger partial charge on any atom is 0.339 e. The van der Waals surface area contributed by atoms with Gasteiger partial charge in [-0.3, -0.25) is 10.1 Å². The highest BCUT2D eigenvalue weighted by Crippen LogP contribution is 2.30. The molecule has 0 fully saturated rings. The summed E-state index contributed by atoms with van der Waals surface area (Å²) in [5.74, 6) is 0.499. The summed E-state index contributed by atoms with van der Waals surface area (Å²) < 4.78 is 30.1. The molecule has 116 valence electrons. The second-order valence-electron chi connectivity index (χ2n) is 4.77. The van der Waals surface area contributed by atoms with E-state index < -0.39 is 20.1 Å². The minimum absolute atomic E-state index is 0.0735. The molecule has 0 aromatic heterocycles. The van der Waals surface area contributed by atoms with Crippen LogP contribution >= 0.6 is 0 Å². The molecule has 0 spiro atoms. The molecule has 1 unspecified atom stereocenters. The van der Waals surface area contributed by atoms with E-state index in [1.165, 1.54) is 43.5 Å². The first kappa shape index (κ1) is 16.0. The Bertz CT molecular complexity index is 767. The van der Waals surface area contributed by atoms with Gasteiger partial charge in [-0.25, -0.2) is 8.42 Å². The normalized spacial score (nSPS) is 12.6. The molecule has 0 heterocycles. The summed E-state index contributed by atoms with van der Waals surface area (Å²) in [7, 11) is -2.67. The highest BCUT2D eigenvalue weighted by Gasteiger charge is 2.39. The van der Waals surface area contributed by atoms with Crippen LogP contribution in [0.4, 0.5) is 0 Å². The lowest BCUT2D eigenvalue weighted by Gasteiger charge is -2.12. The van der Waals surface area contributed by atoms with Crippen LogP contribution in [0.25, 0.3) is 0 Å². The number of benzene rings is 2. The van der Waals surface area contributed by atoms with E-state index in [1.807, 2.05) is 6.92 Å². The topological polar surface area (TPSA) is 86.5 Å².